The lowest BCUT2D eigenvalue weighted by molar-refractivity contribution is 0.0281. The van der Waals surface area contributed by atoms with Crippen LogP contribution in [-0.4, -0.2) is 21.9 Å². The van der Waals surface area contributed by atoms with Crippen molar-refractivity contribution in [3.63, 3.8) is 0 Å². The average molecular weight is 226 g/mol. The summed E-state index contributed by atoms with van der Waals surface area (Å²) in [7, 11) is 0. The predicted molar refractivity (Wildman–Crippen MR) is 69.3 cm³/mol. The standard InChI is InChI=1S/C14H26O2/c1-5-9-14(16,10-6-2)11-7-8-13(15)12(3)4/h5-6,12-13,15-16H,1-2,7-11H2,3-4H3. The first kappa shape index (κ1) is 15.4. The van der Waals surface area contributed by atoms with Gasteiger partial charge in [-0.25, -0.2) is 0 Å². The minimum absolute atomic E-state index is 0.267. The first-order valence-corrected chi connectivity index (χ1v) is 6.07. The highest BCUT2D eigenvalue weighted by Gasteiger charge is 2.23. The maximum Gasteiger partial charge on any atom is 0.0716 e. The van der Waals surface area contributed by atoms with Gasteiger partial charge < -0.3 is 10.2 Å². The van der Waals surface area contributed by atoms with Gasteiger partial charge in [0, 0.05) is 0 Å². The van der Waals surface area contributed by atoms with Crippen LogP contribution in [0.4, 0.5) is 0 Å². The molecule has 0 radical (unpaired) electrons. The van der Waals surface area contributed by atoms with E-state index in [4.69, 9.17) is 0 Å². The molecule has 94 valence electrons. The van der Waals surface area contributed by atoms with Crippen molar-refractivity contribution < 1.29 is 10.2 Å². The lowest BCUT2D eigenvalue weighted by atomic mass is 9.88. The molecular weight excluding hydrogens is 200 g/mol. The lowest BCUT2D eigenvalue weighted by Crippen LogP contribution is -2.27. The largest absolute Gasteiger partial charge is 0.393 e. The van der Waals surface area contributed by atoms with Crippen LogP contribution < -0.4 is 0 Å². The van der Waals surface area contributed by atoms with Gasteiger partial charge in [-0.1, -0.05) is 26.0 Å². The minimum atomic E-state index is -0.722. The molecule has 0 aliphatic rings. The van der Waals surface area contributed by atoms with Crippen LogP contribution in [0.5, 0.6) is 0 Å². The van der Waals surface area contributed by atoms with E-state index in [0.717, 1.165) is 12.8 Å². The summed E-state index contributed by atoms with van der Waals surface area (Å²) < 4.78 is 0. The lowest BCUT2D eigenvalue weighted by Gasteiger charge is -2.26. The molecule has 0 aromatic heterocycles. The summed E-state index contributed by atoms with van der Waals surface area (Å²) in [6.07, 6.45) is 6.63. The Labute approximate surface area is 99.7 Å². The number of rotatable bonds is 9. The fourth-order valence-electron chi connectivity index (χ4n) is 1.80. The Morgan fingerprint density at radius 2 is 1.69 bits per heavy atom. The molecule has 2 N–H and O–H groups in total. The first-order chi connectivity index (χ1) is 7.45. The van der Waals surface area contributed by atoms with E-state index in [1.807, 2.05) is 13.8 Å². The molecule has 0 aromatic carbocycles. The van der Waals surface area contributed by atoms with E-state index in [2.05, 4.69) is 13.2 Å². The second kappa shape index (κ2) is 7.64. The van der Waals surface area contributed by atoms with Crippen molar-refractivity contribution in [2.24, 2.45) is 5.92 Å². The summed E-state index contributed by atoms with van der Waals surface area (Å²) in [5.41, 5.74) is -0.722. The molecule has 0 saturated heterocycles. The van der Waals surface area contributed by atoms with Crippen LogP contribution >= 0.6 is 0 Å². The molecular formula is C14H26O2. The predicted octanol–water partition coefficient (Wildman–Crippen LogP) is 3.06. The van der Waals surface area contributed by atoms with Crippen LogP contribution in [0.3, 0.4) is 0 Å². The SMILES string of the molecule is C=CCC(O)(CC=C)CCCC(O)C(C)C. The second-order valence-corrected chi connectivity index (χ2v) is 4.91. The molecule has 1 atom stereocenters. The summed E-state index contributed by atoms with van der Waals surface area (Å²) in [5, 5.41) is 19.9. The summed E-state index contributed by atoms with van der Waals surface area (Å²) in [6.45, 7) is 11.3. The van der Waals surface area contributed by atoms with Gasteiger partial charge in [-0.3, -0.25) is 0 Å². The maximum atomic E-state index is 10.2. The fraction of sp³-hybridized carbons (Fsp3) is 0.714. The Bertz CT molecular complexity index is 199. The Hall–Kier alpha value is -0.600. The number of hydrogen-bond donors (Lipinski definition) is 2. The number of hydrogen-bond acceptors (Lipinski definition) is 2. The zero-order valence-electron chi connectivity index (χ0n) is 10.7. The molecule has 0 amide bonds. The van der Waals surface area contributed by atoms with E-state index in [1.54, 1.807) is 12.2 Å². The van der Waals surface area contributed by atoms with Crippen molar-refractivity contribution in [2.75, 3.05) is 0 Å². The summed E-state index contributed by atoms with van der Waals surface area (Å²) in [4.78, 5) is 0. The Morgan fingerprint density at radius 1 is 1.19 bits per heavy atom. The van der Waals surface area contributed by atoms with Gasteiger partial charge in [-0.15, -0.1) is 13.2 Å². The monoisotopic (exact) mass is 226 g/mol. The summed E-state index contributed by atoms with van der Waals surface area (Å²) in [5.74, 6) is 0.284. The third kappa shape index (κ3) is 6.09. The van der Waals surface area contributed by atoms with Crippen LogP contribution in [0.25, 0.3) is 0 Å². The molecule has 0 saturated carbocycles. The van der Waals surface area contributed by atoms with Gasteiger partial charge in [0.1, 0.15) is 0 Å². The van der Waals surface area contributed by atoms with Gasteiger partial charge in [0.2, 0.25) is 0 Å². The zero-order valence-corrected chi connectivity index (χ0v) is 10.7. The van der Waals surface area contributed by atoms with E-state index in [9.17, 15) is 10.2 Å². The highest BCUT2D eigenvalue weighted by atomic mass is 16.3. The molecule has 0 bridgehead atoms. The molecule has 2 heteroatoms. The minimum Gasteiger partial charge on any atom is -0.393 e. The third-order valence-electron chi connectivity index (χ3n) is 2.96. The molecule has 0 spiro atoms. The Morgan fingerprint density at radius 3 is 2.06 bits per heavy atom. The van der Waals surface area contributed by atoms with E-state index in [0.29, 0.717) is 19.3 Å². The highest BCUT2D eigenvalue weighted by Crippen LogP contribution is 2.24. The van der Waals surface area contributed by atoms with E-state index >= 15 is 0 Å². The van der Waals surface area contributed by atoms with Crippen molar-refractivity contribution in [3.05, 3.63) is 25.3 Å². The van der Waals surface area contributed by atoms with E-state index < -0.39 is 5.60 Å². The molecule has 0 aliphatic heterocycles. The van der Waals surface area contributed by atoms with Crippen LogP contribution in [0.1, 0.15) is 46.0 Å². The fourth-order valence-corrected chi connectivity index (χ4v) is 1.80. The maximum absolute atomic E-state index is 10.2. The molecule has 0 aromatic rings. The molecule has 0 fully saturated rings. The van der Waals surface area contributed by atoms with Crippen molar-refractivity contribution >= 4 is 0 Å². The van der Waals surface area contributed by atoms with Crippen LogP contribution in [0, 0.1) is 5.92 Å². The van der Waals surface area contributed by atoms with Gasteiger partial charge in [0.05, 0.1) is 11.7 Å². The molecule has 1 unspecified atom stereocenters. The van der Waals surface area contributed by atoms with Gasteiger partial charge >= 0.3 is 0 Å². The third-order valence-corrected chi connectivity index (χ3v) is 2.96. The number of aliphatic hydroxyl groups excluding tert-OH is 1. The molecule has 0 aliphatic carbocycles. The van der Waals surface area contributed by atoms with Crippen molar-refractivity contribution in [1.29, 1.82) is 0 Å². The van der Waals surface area contributed by atoms with Crippen molar-refractivity contribution in [1.82, 2.24) is 0 Å². The molecule has 2 nitrogen and oxygen atoms in total. The molecule has 0 heterocycles. The quantitative estimate of drug-likeness (QED) is 0.593. The van der Waals surface area contributed by atoms with Crippen LogP contribution in [0.15, 0.2) is 25.3 Å². The van der Waals surface area contributed by atoms with Gasteiger partial charge in [-0.05, 0) is 38.0 Å². The van der Waals surface area contributed by atoms with Crippen molar-refractivity contribution in [3.8, 4) is 0 Å². The molecule has 16 heavy (non-hydrogen) atoms. The zero-order chi connectivity index (χ0) is 12.6. The Kier molecular flexibility index (Phi) is 7.35. The van der Waals surface area contributed by atoms with Gasteiger partial charge in [-0.2, -0.15) is 0 Å². The topological polar surface area (TPSA) is 40.5 Å². The van der Waals surface area contributed by atoms with Crippen LogP contribution in [-0.2, 0) is 0 Å². The van der Waals surface area contributed by atoms with Gasteiger partial charge in [0.15, 0.2) is 0 Å². The average Bonchev–Trinajstić information content (AvgIpc) is 2.17. The van der Waals surface area contributed by atoms with Crippen LogP contribution in [0.2, 0.25) is 0 Å². The summed E-state index contributed by atoms with van der Waals surface area (Å²) in [6, 6.07) is 0. The first-order valence-electron chi connectivity index (χ1n) is 6.07. The smallest absolute Gasteiger partial charge is 0.0716 e. The molecule has 0 rings (SSSR count). The van der Waals surface area contributed by atoms with Crippen molar-refractivity contribution in [2.45, 2.75) is 57.7 Å². The Balaban J connectivity index is 4.02. The van der Waals surface area contributed by atoms with Gasteiger partial charge in [0.25, 0.3) is 0 Å². The van der Waals surface area contributed by atoms with E-state index in [-0.39, 0.29) is 12.0 Å². The normalized spacial score (nSPS) is 13.8. The second-order valence-electron chi connectivity index (χ2n) is 4.91. The summed E-state index contributed by atoms with van der Waals surface area (Å²) >= 11 is 0. The number of aliphatic hydroxyl groups is 2. The van der Waals surface area contributed by atoms with E-state index in [1.165, 1.54) is 0 Å². The highest BCUT2D eigenvalue weighted by molar-refractivity contribution is 4.91.